The molecular formula is C19H25N5O. The van der Waals surface area contributed by atoms with Crippen molar-refractivity contribution in [2.45, 2.75) is 38.8 Å². The van der Waals surface area contributed by atoms with E-state index >= 15 is 0 Å². The number of hydrogen-bond acceptors (Lipinski definition) is 4. The minimum Gasteiger partial charge on any atom is -0.310 e. The molecule has 2 atom stereocenters. The van der Waals surface area contributed by atoms with Crippen LogP contribution in [0.2, 0.25) is 0 Å². The number of likely N-dealkylation sites (tertiary alicyclic amines) is 1. The molecule has 0 saturated carbocycles. The van der Waals surface area contributed by atoms with Gasteiger partial charge in [0.2, 0.25) is 5.91 Å². The van der Waals surface area contributed by atoms with Gasteiger partial charge >= 0.3 is 0 Å². The van der Waals surface area contributed by atoms with Gasteiger partial charge in [0.25, 0.3) is 0 Å². The minimum absolute atomic E-state index is 0.0790. The zero-order valence-corrected chi connectivity index (χ0v) is 14.7. The average Bonchev–Trinajstić information content (AvgIpc) is 3.30. The van der Waals surface area contributed by atoms with Gasteiger partial charge in [-0.15, -0.1) is 0 Å². The lowest BCUT2D eigenvalue weighted by molar-refractivity contribution is -0.123. The Balaban J connectivity index is 1.42. The Labute approximate surface area is 148 Å². The number of aromatic nitrogens is 3. The van der Waals surface area contributed by atoms with Gasteiger partial charge in [-0.25, -0.2) is 4.98 Å². The van der Waals surface area contributed by atoms with Crippen LogP contribution in [0.1, 0.15) is 25.3 Å². The second-order valence-corrected chi connectivity index (χ2v) is 7.17. The Bertz CT molecular complexity index is 729. The molecule has 0 unspecified atom stereocenters. The number of fused-ring (bicyclic) bond motifs is 1. The fourth-order valence-corrected chi connectivity index (χ4v) is 4.14. The van der Waals surface area contributed by atoms with E-state index in [0.29, 0.717) is 5.92 Å². The van der Waals surface area contributed by atoms with E-state index in [1.165, 1.54) is 12.0 Å². The standard InChI is InChI=1S/C19H25N5O/c1-15(19(25)24-10-8-17-6-2-3-7-18(17)24)22-9-4-5-16(11-22)12-23-14-20-13-21-23/h2-3,6-7,13-16H,4-5,8-12H2,1H3/t15-,16+/m0/s1. The van der Waals surface area contributed by atoms with E-state index in [-0.39, 0.29) is 11.9 Å². The first kappa shape index (κ1) is 16.3. The first-order chi connectivity index (χ1) is 12.2. The van der Waals surface area contributed by atoms with E-state index in [4.69, 9.17) is 0 Å². The number of amides is 1. The van der Waals surface area contributed by atoms with Gasteiger partial charge in [-0.2, -0.15) is 5.10 Å². The van der Waals surface area contributed by atoms with E-state index in [0.717, 1.165) is 44.7 Å². The fourth-order valence-electron chi connectivity index (χ4n) is 4.14. The molecule has 1 fully saturated rings. The highest BCUT2D eigenvalue weighted by atomic mass is 16.2. The molecule has 25 heavy (non-hydrogen) atoms. The van der Waals surface area contributed by atoms with E-state index in [1.807, 2.05) is 15.6 Å². The first-order valence-electron chi connectivity index (χ1n) is 9.18. The molecule has 0 N–H and O–H groups in total. The van der Waals surface area contributed by atoms with Gasteiger partial charge < -0.3 is 4.90 Å². The smallest absolute Gasteiger partial charge is 0.244 e. The van der Waals surface area contributed by atoms with Crippen molar-refractivity contribution in [3.8, 4) is 0 Å². The lowest BCUT2D eigenvalue weighted by Gasteiger charge is -2.37. The van der Waals surface area contributed by atoms with Gasteiger partial charge in [0.15, 0.2) is 0 Å². The van der Waals surface area contributed by atoms with Gasteiger partial charge in [0.05, 0.1) is 6.04 Å². The molecule has 6 heteroatoms. The van der Waals surface area contributed by atoms with Crippen LogP contribution in [0.3, 0.4) is 0 Å². The number of benzene rings is 1. The summed E-state index contributed by atoms with van der Waals surface area (Å²) >= 11 is 0. The van der Waals surface area contributed by atoms with Crippen molar-refractivity contribution >= 4 is 11.6 Å². The SMILES string of the molecule is C[C@@H](C(=O)N1CCc2ccccc21)N1CCC[C@@H](Cn2cncn2)C1. The molecule has 1 amide bonds. The third kappa shape index (κ3) is 3.31. The van der Waals surface area contributed by atoms with Crippen LogP contribution in [0.5, 0.6) is 0 Å². The van der Waals surface area contributed by atoms with Crippen LogP contribution in [-0.4, -0.2) is 51.2 Å². The molecule has 0 aliphatic carbocycles. The van der Waals surface area contributed by atoms with Crippen molar-refractivity contribution in [1.82, 2.24) is 19.7 Å². The molecule has 0 spiro atoms. The third-order valence-electron chi connectivity index (χ3n) is 5.52. The number of para-hydroxylation sites is 1. The summed E-state index contributed by atoms with van der Waals surface area (Å²) in [6.45, 7) is 5.68. The molecule has 2 aliphatic heterocycles. The number of hydrogen-bond donors (Lipinski definition) is 0. The Hall–Kier alpha value is -2.21. The summed E-state index contributed by atoms with van der Waals surface area (Å²) in [4.78, 5) is 21.4. The number of carbonyl (C=O) groups excluding carboxylic acids is 1. The van der Waals surface area contributed by atoms with Crippen molar-refractivity contribution in [3.05, 3.63) is 42.5 Å². The summed E-state index contributed by atoms with van der Waals surface area (Å²) in [5.74, 6) is 0.753. The Kier molecular flexibility index (Phi) is 4.53. The largest absolute Gasteiger partial charge is 0.310 e. The molecule has 1 saturated heterocycles. The predicted octanol–water partition coefficient (Wildman–Crippen LogP) is 1.97. The maximum absolute atomic E-state index is 13.1. The molecule has 4 rings (SSSR count). The molecular weight excluding hydrogens is 314 g/mol. The predicted molar refractivity (Wildman–Crippen MR) is 96.3 cm³/mol. The van der Waals surface area contributed by atoms with Crippen LogP contribution >= 0.6 is 0 Å². The zero-order valence-electron chi connectivity index (χ0n) is 14.7. The molecule has 1 aromatic heterocycles. The lowest BCUT2D eigenvalue weighted by atomic mass is 9.96. The fraction of sp³-hybridized carbons (Fsp3) is 0.526. The van der Waals surface area contributed by atoms with Crippen molar-refractivity contribution in [2.24, 2.45) is 5.92 Å². The van der Waals surface area contributed by atoms with Crippen molar-refractivity contribution in [2.75, 3.05) is 24.5 Å². The highest BCUT2D eigenvalue weighted by molar-refractivity contribution is 5.98. The summed E-state index contributed by atoms with van der Waals surface area (Å²) in [5, 5.41) is 4.22. The van der Waals surface area contributed by atoms with Gasteiger partial charge in [0, 0.05) is 25.3 Å². The number of nitrogens with zero attached hydrogens (tertiary/aromatic N) is 5. The normalized spacial score (nSPS) is 22.0. The summed E-state index contributed by atoms with van der Waals surface area (Å²) in [7, 11) is 0. The first-order valence-corrected chi connectivity index (χ1v) is 9.18. The maximum atomic E-state index is 13.1. The van der Waals surface area contributed by atoms with Gasteiger partial charge in [-0.3, -0.25) is 14.4 Å². The monoisotopic (exact) mass is 339 g/mol. The van der Waals surface area contributed by atoms with Crippen LogP contribution in [0.4, 0.5) is 5.69 Å². The van der Waals surface area contributed by atoms with Gasteiger partial charge in [0.1, 0.15) is 12.7 Å². The Morgan fingerprint density at radius 3 is 3.04 bits per heavy atom. The maximum Gasteiger partial charge on any atom is 0.244 e. The second kappa shape index (κ2) is 6.96. The molecule has 0 bridgehead atoms. The Morgan fingerprint density at radius 1 is 1.32 bits per heavy atom. The number of anilines is 1. The van der Waals surface area contributed by atoms with E-state index < -0.39 is 0 Å². The van der Waals surface area contributed by atoms with E-state index in [9.17, 15) is 4.79 Å². The minimum atomic E-state index is -0.0790. The summed E-state index contributed by atoms with van der Waals surface area (Å²) in [6.07, 6.45) is 6.63. The van der Waals surface area contributed by atoms with E-state index in [2.05, 4.69) is 40.1 Å². The number of rotatable bonds is 4. The molecule has 1 aromatic carbocycles. The van der Waals surface area contributed by atoms with Crippen molar-refractivity contribution in [3.63, 3.8) is 0 Å². The topological polar surface area (TPSA) is 54.3 Å². The molecule has 0 radical (unpaired) electrons. The van der Waals surface area contributed by atoms with Crippen LogP contribution in [0.15, 0.2) is 36.9 Å². The zero-order chi connectivity index (χ0) is 17.2. The van der Waals surface area contributed by atoms with E-state index in [1.54, 1.807) is 12.7 Å². The molecule has 2 aromatic rings. The summed E-state index contributed by atoms with van der Waals surface area (Å²) in [5.41, 5.74) is 2.38. The Morgan fingerprint density at radius 2 is 2.20 bits per heavy atom. The molecule has 132 valence electrons. The lowest BCUT2D eigenvalue weighted by Crippen LogP contribution is -2.50. The number of carbonyl (C=O) groups is 1. The summed E-state index contributed by atoms with van der Waals surface area (Å²) in [6, 6.07) is 8.18. The highest BCUT2D eigenvalue weighted by Gasteiger charge is 2.33. The van der Waals surface area contributed by atoms with Gasteiger partial charge in [-0.1, -0.05) is 18.2 Å². The quantitative estimate of drug-likeness (QED) is 0.855. The average molecular weight is 339 g/mol. The second-order valence-electron chi connectivity index (χ2n) is 7.17. The number of piperidine rings is 1. The molecule has 2 aliphatic rings. The van der Waals surface area contributed by atoms with Crippen molar-refractivity contribution < 1.29 is 4.79 Å². The van der Waals surface area contributed by atoms with Crippen LogP contribution in [0, 0.1) is 5.92 Å². The molecule has 6 nitrogen and oxygen atoms in total. The van der Waals surface area contributed by atoms with Crippen LogP contribution in [-0.2, 0) is 17.8 Å². The third-order valence-corrected chi connectivity index (χ3v) is 5.52. The highest BCUT2D eigenvalue weighted by Crippen LogP contribution is 2.29. The van der Waals surface area contributed by atoms with Crippen LogP contribution < -0.4 is 4.90 Å². The summed E-state index contributed by atoms with van der Waals surface area (Å²) < 4.78 is 1.90. The molecule has 3 heterocycles. The van der Waals surface area contributed by atoms with Crippen LogP contribution in [0.25, 0.3) is 0 Å². The van der Waals surface area contributed by atoms with Gasteiger partial charge in [-0.05, 0) is 50.3 Å². The van der Waals surface area contributed by atoms with Crippen molar-refractivity contribution in [1.29, 1.82) is 0 Å².